The summed E-state index contributed by atoms with van der Waals surface area (Å²) in [5.74, 6) is 0. The van der Waals surface area contributed by atoms with Crippen molar-refractivity contribution in [2.75, 3.05) is 20.2 Å². The molecule has 0 radical (unpaired) electrons. The number of nitriles is 1. The summed E-state index contributed by atoms with van der Waals surface area (Å²) in [6, 6.07) is 1.86. The first-order valence-electron chi connectivity index (χ1n) is 3.97. The van der Waals surface area contributed by atoms with Gasteiger partial charge in [-0.25, -0.2) is 4.79 Å². The first-order valence-corrected chi connectivity index (χ1v) is 3.97. The van der Waals surface area contributed by atoms with Crippen LogP contribution in [0.2, 0.25) is 0 Å². The largest absolute Gasteiger partial charge is 0.449 e. The van der Waals surface area contributed by atoms with Crippen molar-refractivity contribution in [3.63, 3.8) is 0 Å². The van der Waals surface area contributed by atoms with Crippen LogP contribution in [0, 0.1) is 11.3 Å². The molecule has 0 N–H and O–H groups in total. The van der Waals surface area contributed by atoms with Gasteiger partial charge in [0.25, 0.3) is 0 Å². The van der Waals surface area contributed by atoms with E-state index in [0.717, 1.165) is 12.8 Å². The molecule has 0 aliphatic rings. The van der Waals surface area contributed by atoms with Crippen molar-refractivity contribution >= 4 is 6.09 Å². The normalized spacial score (nSPS) is 8.75. The van der Waals surface area contributed by atoms with E-state index >= 15 is 0 Å². The van der Waals surface area contributed by atoms with Gasteiger partial charge in [-0.3, -0.25) is 4.90 Å². The predicted molar refractivity (Wildman–Crippen MR) is 44.5 cm³/mol. The lowest BCUT2D eigenvalue weighted by atomic mass is 10.4. The molecule has 4 nitrogen and oxygen atoms in total. The van der Waals surface area contributed by atoms with Crippen molar-refractivity contribution in [1.82, 2.24) is 4.90 Å². The second-order valence-corrected chi connectivity index (χ2v) is 2.48. The van der Waals surface area contributed by atoms with E-state index in [-0.39, 0.29) is 6.54 Å². The van der Waals surface area contributed by atoms with Crippen molar-refractivity contribution in [1.29, 1.82) is 5.26 Å². The van der Waals surface area contributed by atoms with E-state index in [1.165, 1.54) is 11.9 Å². The minimum atomic E-state index is -0.426. The van der Waals surface area contributed by atoms with E-state index in [9.17, 15) is 4.79 Å². The van der Waals surface area contributed by atoms with E-state index in [4.69, 9.17) is 10.00 Å². The number of carbonyl (C=O) groups excluding carboxylic acids is 1. The fourth-order valence-electron chi connectivity index (χ4n) is 0.585. The Hall–Kier alpha value is -1.24. The second kappa shape index (κ2) is 6.47. The molecule has 0 fully saturated rings. The minimum absolute atomic E-state index is 0.0744. The number of hydrogen-bond donors (Lipinski definition) is 0. The Morgan fingerprint density at radius 1 is 1.67 bits per heavy atom. The molecule has 0 aliphatic heterocycles. The molecular weight excluding hydrogens is 156 g/mol. The molecule has 0 aliphatic carbocycles. The van der Waals surface area contributed by atoms with Crippen LogP contribution >= 0.6 is 0 Å². The molecule has 1 amide bonds. The molecule has 0 unspecified atom stereocenters. The van der Waals surface area contributed by atoms with Crippen molar-refractivity contribution in [3.05, 3.63) is 0 Å². The third-order valence-corrected chi connectivity index (χ3v) is 1.34. The molecule has 0 aromatic rings. The van der Waals surface area contributed by atoms with Crippen LogP contribution in [0.25, 0.3) is 0 Å². The Kier molecular flexibility index (Phi) is 5.80. The summed E-state index contributed by atoms with van der Waals surface area (Å²) in [5, 5.41) is 8.26. The summed E-state index contributed by atoms with van der Waals surface area (Å²) in [6.07, 6.45) is 1.44. The zero-order valence-electron chi connectivity index (χ0n) is 7.54. The quantitative estimate of drug-likeness (QED) is 0.473. The van der Waals surface area contributed by atoms with Crippen LogP contribution in [-0.2, 0) is 4.74 Å². The molecule has 0 rings (SSSR count). The fourth-order valence-corrected chi connectivity index (χ4v) is 0.585. The summed E-state index contributed by atoms with van der Waals surface area (Å²) in [6.45, 7) is 2.53. The van der Waals surface area contributed by atoms with Gasteiger partial charge in [0, 0.05) is 7.05 Å². The summed E-state index contributed by atoms with van der Waals surface area (Å²) in [5.41, 5.74) is 0. The number of nitrogens with zero attached hydrogens (tertiary/aromatic N) is 2. The average molecular weight is 170 g/mol. The predicted octanol–water partition coefficient (Wildman–Crippen LogP) is 1.38. The van der Waals surface area contributed by atoms with Crippen molar-refractivity contribution in [3.8, 4) is 6.07 Å². The highest BCUT2D eigenvalue weighted by molar-refractivity contribution is 5.67. The fraction of sp³-hybridized carbons (Fsp3) is 0.750. The Balaban J connectivity index is 3.51. The maximum absolute atomic E-state index is 11.0. The average Bonchev–Trinajstić information content (AvgIpc) is 2.05. The molecule has 4 heteroatoms. The Labute approximate surface area is 72.7 Å². The lowest BCUT2D eigenvalue weighted by molar-refractivity contribution is 0.113. The van der Waals surface area contributed by atoms with Gasteiger partial charge in [-0.05, 0) is 6.42 Å². The second-order valence-electron chi connectivity index (χ2n) is 2.48. The Morgan fingerprint density at radius 3 is 2.83 bits per heavy atom. The number of ether oxygens (including phenoxy) is 1. The molecule has 12 heavy (non-hydrogen) atoms. The summed E-state index contributed by atoms with van der Waals surface area (Å²) in [4.78, 5) is 12.2. The van der Waals surface area contributed by atoms with Gasteiger partial charge in [0.1, 0.15) is 6.54 Å². The van der Waals surface area contributed by atoms with E-state index in [0.29, 0.717) is 6.61 Å². The molecule has 0 spiro atoms. The first kappa shape index (κ1) is 10.8. The van der Waals surface area contributed by atoms with Crippen LogP contribution in [0.1, 0.15) is 19.8 Å². The third-order valence-electron chi connectivity index (χ3n) is 1.34. The van der Waals surface area contributed by atoms with Gasteiger partial charge in [-0.1, -0.05) is 13.3 Å². The van der Waals surface area contributed by atoms with E-state index in [1.54, 1.807) is 0 Å². The van der Waals surface area contributed by atoms with Crippen LogP contribution in [0.15, 0.2) is 0 Å². The minimum Gasteiger partial charge on any atom is -0.449 e. The van der Waals surface area contributed by atoms with Crippen LogP contribution in [0.4, 0.5) is 4.79 Å². The van der Waals surface area contributed by atoms with Crippen LogP contribution in [0.5, 0.6) is 0 Å². The van der Waals surface area contributed by atoms with Gasteiger partial charge < -0.3 is 4.74 Å². The van der Waals surface area contributed by atoms with E-state index < -0.39 is 6.09 Å². The van der Waals surface area contributed by atoms with E-state index in [2.05, 4.69) is 0 Å². The van der Waals surface area contributed by atoms with Gasteiger partial charge in [0.05, 0.1) is 12.7 Å². The molecule has 0 saturated heterocycles. The highest BCUT2D eigenvalue weighted by Gasteiger charge is 2.07. The molecule has 0 bridgehead atoms. The number of amides is 1. The topological polar surface area (TPSA) is 53.3 Å². The number of unbranched alkanes of at least 4 members (excludes halogenated alkanes) is 1. The molecule has 0 aromatic carbocycles. The summed E-state index contributed by atoms with van der Waals surface area (Å²) >= 11 is 0. The van der Waals surface area contributed by atoms with Gasteiger partial charge in [-0.15, -0.1) is 0 Å². The standard InChI is InChI=1S/C8H14N2O2/c1-3-4-7-12-8(11)10(2)6-5-9/h3-4,6-7H2,1-2H3. The number of hydrogen-bond acceptors (Lipinski definition) is 3. The first-order chi connectivity index (χ1) is 5.72. The van der Waals surface area contributed by atoms with Crippen molar-refractivity contribution < 1.29 is 9.53 Å². The van der Waals surface area contributed by atoms with Crippen LogP contribution in [0.3, 0.4) is 0 Å². The summed E-state index contributed by atoms with van der Waals surface area (Å²) < 4.78 is 4.83. The van der Waals surface area contributed by atoms with Gasteiger partial charge in [-0.2, -0.15) is 5.26 Å². The molecule has 0 atom stereocenters. The van der Waals surface area contributed by atoms with Gasteiger partial charge in [0.2, 0.25) is 0 Å². The van der Waals surface area contributed by atoms with Gasteiger partial charge >= 0.3 is 6.09 Å². The highest BCUT2D eigenvalue weighted by Crippen LogP contribution is 1.92. The van der Waals surface area contributed by atoms with Gasteiger partial charge in [0.15, 0.2) is 0 Å². The molecule has 0 saturated carbocycles. The zero-order valence-corrected chi connectivity index (χ0v) is 7.54. The maximum atomic E-state index is 11.0. The monoisotopic (exact) mass is 170 g/mol. The highest BCUT2D eigenvalue weighted by atomic mass is 16.6. The SMILES string of the molecule is CCCCOC(=O)N(C)CC#N. The number of carbonyl (C=O) groups is 1. The molecule has 0 aromatic heterocycles. The van der Waals surface area contributed by atoms with E-state index in [1.807, 2.05) is 13.0 Å². The molecule has 0 heterocycles. The molecule has 68 valence electrons. The van der Waals surface area contributed by atoms with Crippen LogP contribution in [-0.4, -0.2) is 31.2 Å². The van der Waals surface area contributed by atoms with Crippen molar-refractivity contribution in [2.45, 2.75) is 19.8 Å². The lowest BCUT2D eigenvalue weighted by Crippen LogP contribution is -2.27. The Bertz CT molecular complexity index is 174. The van der Waals surface area contributed by atoms with Crippen LogP contribution < -0.4 is 0 Å². The zero-order chi connectivity index (χ0) is 9.40. The lowest BCUT2D eigenvalue weighted by Gasteiger charge is -2.12. The maximum Gasteiger partial charge on any atom is 0.410 e. The van der Waals surface area contributed by atoms with Crippen molar-refractivity contribution in [2.24, 2.45) is 0 Å². The number of rotatable bonds is 4. The molecular formula is C8H14N2O2. The smallest absolute Gasteiger partial charge is 0.410 e. The Morgan fingerprint density at radius 2 is 2.33 bits per heavy atom. The third kappa shape index (κ3) is 4.56. The summed E-state index contributed by atoms with van der Waals surface area (Å²) in [7, 11) is 1.54.